The van der Waals surface area contributed by atoms with Crippen molar-refractivity contribution in [2.75, 3.05) is 6.61 Å². The molecule has 1 aromatic heterocycles. The van der Waals surface area contributed by atoms with Crippen LogP contribution in [0.15, 0.2) is 6.07 Å². The van der Waals surface area contributed by atoms with Gasteiger partial charge >= 0.3 is 5.97 Å². The van der Waals surface area contributed by atoms with Gasteiger partial charge in [0.25, 0.3) is 6.43 Å². The zero-order valence-corrected chi connectivity index (χ0v) is 10.3. The molecule has 0 aromatic carbocycles. The summed E-state index contributed by atoms with van der Waals surface area (Å²) in [5.41, 5.74) is 4.97. The van der Waals surface area contributed by atoms with Crippen LogP contribution in [-0.2, 0) is 22.5 Å². The molecule has 1 aromatic rings. The average molecular weight is 269 g/mol. The summed E-state index contributed by atoms with van der Waals surface area (Å²) in [4.78, 5) is 15.2. The molecule has 0 saturated heterocycles. The third-order valence-corrected chi connectivity index (χ3v) is 2.38. The number of carbonyl (C=O) groups excluding carboxylic acids is 1. The van der Waals surface area contributed by atoms with Gasteiger partial charge in [-0.1, -0.05) is 0 Å². The molecule has 0 unspecified atom stereocenters. The molecule has 0 amide bonds. The second-order valence-corrected chi connectivity index (χ2v) is 3.62. The highest BCUT2D eigenvalue weighted by Gasteiger charge is 2.19. The van der Waals surface area contributed by atoms with Crippen LogP contribution >= 0.6 is 0 Å². The fourth-order valence-corrected chi connectivity index (χ4v) is 1.54. The Morgan fingerprint density at radius 1 is 1.58 bits per heavy atom. The van der Waals surface area contributed by atoms with Gasteiger partial charge in [0.05, 0.1) is 30.0 Å². The molecule has 19 heavy (non-hydrogen) atoms. The van der Waals surface area contributed by atoms with Gasteiger partial charge in [-0.2, -0.15) is 5.26 Å². The maximum atomic E-state index is 12.7. The highest BCUT2D eigenvalue weighted by atomic mass is 19.3. The molecule has 1 heterocycles. The van der Waals surface area contributed by atoms with Crippen LogP contribution in [-0.4, -0.2) is 17.6 Å². The highest BCUT2D eigenvalue weighted by Crippen LogP contribution is 2.24. The molecule has 0 aliphatic carbocycles. The van der Waals surface area contributed by atoms with Crippen molar-refractivity contribution >= 4 is 5.97 Å². The number of nitriles is 1. The van der Waals surface area contributed by atoms with Crippen LogP contribution in [0.5, 0.6) is 0 Å². The summed E-state index contributed by atoms with van der Waals surface area (Å²) in [7, 11) is 0. The van der Waals surface area contributed by atoms with Crippen LogP contribution in [0.4, 0.5) is 8.78 Å². The van der Waals surface area contributed by atoms with Crippen molar-refractivity contribution in [1.29, 1.82) is 5.26 Å². The van der Waals surface area contributed by atoms with Crippen molar-refractivity contribution in [2.45, 2.75) is 26.3 Å². The first-order valence-corrected chi connectivity index (χ1v) is 5.60. The lowest BCUT2D eigenvalue weighted by Gasteiger charge is -2.10. The lowest BCUT2D eigenvalue weighted by atomic mass is 10.1. The van der Waals surface area contributed by atoms with Crippen molar-refractivity contribution in [1.82, 2.24) is 4.98 Å². The Bertz CT molecular complexity index is 512. The van der Waals surface area contributed by atoms with E-state index in [-0.39, 0.29) is 42.1 Å². The van der Waals surface area contributed by atoms with E-state index >= 15 is 0 Å². The van der Waals surface area contributed by atoms with Gasteiger partial charge < -0.3 is 10.5 Å². The summed E-state index contributed by atoms with van der Waals surface area (Å²) in [5.74, 6) is -0.570. The molecule has 1 rings (SSSR count). The number of esters is 1. The van der Waals surface area contributed by atoms with E-state index in [4.69, 9.17) is 15.7 Å². The van der Waals surface area contributed by atoms with Crippen LogP contribution in [0.3, 0.4) is 0 Å². The fraction of sp³-hybridized carbons (Fsp3) is 0.417. The van der Waals surface area contributed by atoms with E-state index in [1.165, 1.54) is 0 Å². The van der Waals surface area contributed by atoms with Gasteiger partial charge in [0, 0.05) is 12.1 Å². The monoisotopic (exact) mass is 269 g/mol. The Morgan fingerprint density at radius 3 is 2.74 bits per heavy atom. The standard InChI is InChI=1S/C12H13F2N3O2/c1-2-19-11(18)4-9-7(5-15)3-8(12(13)14)10(6-16)17-9/h3,12H,2,4,6,16H2,1H3. The number of hydrogen-bond donors (Lipinski definition) is 1. The maximum Gasteiger partial charge on any atom is 0.311 e. The summed E-state index contributed by atoms with van der Waals surface area (Å²) in [6, 6.07) is 2.77. The first-order valence-electron chi connectivity index (χ1n) is 5.60. The van der Waals surface area contributed by atoms with Crippen molar-refractivity contribution in [3.63, 3.8) is 0 Å². The SMILES string of the molecule is CCOC(=O)Cc1nc(CN)c(C(F)F)cc1C#N. The zero-order chi connectivity index (χ0) is 14.4. The van der Waals surface area contributed by atoms with E-state index in [1.807, 2.05) is 0 Å². The van der Waals surface area contributed by atoms with Gasteiger partial charge in [-0.3, -0.25) is 9.78 Å². The van der Waals surface area contributed by atoms with Gasteiger partial charge in [-0.25, -0.2) is 8.78 Å². The number of nitrogens with two attached hydrogens (primary N) is 1. The van der Waals surface area contributed by atoms with Crippen LogP contribution < -0.4 is 5.73 Å². The normalized spacial score (nSPS) is 10.3. The minimum Gasteiger partial charge on any atom is -0.466 e. The molecule has 0 aliphatic heterocycles. The predicted molar refractivity (Wildman–Crippen MR) is 62.1 cm³/mol. The molecule has 0 atom stereocenters. The largest absolute Gasteiger partial charge is 0.466 e. The van der Waals surface area contributed by atoms with Crippen molar-refractivity contribution in [3.8, 4) is 6.07 Å². The Balaban J connectivity index is 3.18. The molecule has 0 fully saturated rings. The number of halogens is 2. The first kappa shape index (κ1) is 15.0. The third kappa shape index (κ3) is 3.69. The second-order valence-electron chi connectivity index (χ2n) is 3.62. The van der Waals surface area contributed by atoms with Gasteiger partial charge in [-0.05, 0) is 13.0 Å². The first-order chi connectivity index (χ1) is 9.03. The minimum atomic E-state index is -2.77. The van der Waals surface area contributed by atoms with Crippen molar-refractivity contribution < 1.29 is 18.3 Å². The number of carbonyl (C=O) groups is 1. The molecule has 5 nitrogen and oxygen atoms in total. The predicted octanol–water partition coefficient (Wildman–Crippen LogP) is 1.46. The minimum absolute atomic E-state index is 0.0201. The Kier molecular flexibility index (Phi) is 5.33. The van der Waals surface area contributed by atoms with E-state index in [9.17, 15) is 13.6 Å². The zero-order valence-electron chi connectivity index (χ0n) is 10.3. The van der Waals surface area contributed by atoms with Gasteiger partial charge in [-0.15, -0.1) is 0 Å². The third-order valence-electron chi connectivity index (χ3n) is 2.38. The van der Waals surface area contributed by atoms with Crippen LogP contribution in [0.1, 0.15) is 35.9 Å². The van der Waals surface area contributed by atoms with Crippen molar-refractivity contribution in [3.05, 3.63) is 28.6 Å². The van der Waals surface area contributed by atoms with Crippen LogP contribution in [0, 0.1) is 11.3 Å². The topological polar surface area (TPSA) is 89.0 Å². The molecule has 102 valence electrons. The van der Waals surface area contributed by atoms with Gasteiger partial charge in [0.1, 0.15) is 6.07 Å². The summed E-state index contributed by atoms with van der Waals surface area (Å²) in [5, 5.41) is 8.91. The Hall–Kier alpha value is -2.07. The molecule has 2 N–H and O–H groups in total. The fourth-order valence-electron chi connectivity index (χ4n) is 1.54. The van der Waals surface area contributed by atoms with E-state index in [2.05, 4.69) is 4.98 Å². The van der Waals surface area contributed by atoms with Gasteiger partial charge in [0.15, 0.2) is 0 Å². The molecule has 0 radical (unpaired) electrons. The molecule has 0 bridgehead atoms. The number of nitrogens with zero attached hydrogens (tertiary/aromatic N) is 2. The maximum absolute atomic E-state index is 12.7. The summed E-state index contributed by atoms with van der Waals surface area (Å²) in [6.07, 6.45) is -3.01. The highest BCUT2D eigenvalue weighted by molar-refractivity contribution is 5.73. The number of ether oxygens (including phenoxy) is 1. The smallest absolute Gasteiger partial charge is 0.311 e. The number of alkyl halides is 2. The molecular weight excluding hydrogens is 256 g/mol. The summed E-state index contributed by atoms with van der Waals surface area (Å²) < 4.78 is 30.2. The van der Waals surface area contributed by atoms with Crippen molar-refractivity contribution in [2.24, 2.45) is 5.73 Å². The quantitative estimate of drug-likeness (QED) is 0.817. The summed E-state index contributed by atoms with van der Waals surface area (Å²) in [6.45, 7) is 1.64. The Labute approximate surface area is 109 Å². The van der Waals surface area contributed by atoms with Crippen LogP contribution in [0.25, 0.3) is 0 Å². The van der Waals surface area contributed by atoms with Gasteiger partial charge in [0.2, 0.25) is 0 Å². The lowest BCUT2D eigenvalue weighted by molar-refractivity contribution is -0.142. The molecule has 0 spiro atoms. The Morgan fingerprint density at radius 2 is 2.26 bits per heavy atom. The summed E-state index contributed by atoms with van der Waals surface area (Å²) >= 11 is 0. The lowest BCUT2D eigenvalue weighted by Crippen LogP contribution is -2.14. The van der Waals surface area contributed by atoms with Crippen LogP contribution in [0.2, 0.25) is 0 Å². The average Bonchev–Trinajstić information content (AvgIpc) is 2.38. The number of pyridine rings is 1. The number of hydrogen-bond acceptors (Lipinski definition) is 5. The van der Waals surface area contributed by atoms with E-state index in [0.717, 1.165) is 6.07 Å². The molecular formula is C12H13F2N3O2. The molecule has 0 aliphatic rings. The number of rotatable bonds is 5. The van der Waals surface area contributed by atoms with E-state index in [0.29, 0.717) is 0 Å². The van der Waals surface area contributed by atoms with E-state index < -0.39 is 12.4 Å². The van der Waals surface area contributed by atoms with E-state index in [1.54, 1.807) is 13.0 Å². The molecule has 7 heteroatoms. The second kappa shape index (κ2) is 6.75. The molecule has 0 saturated carbocycles. The number of aromatic nitrogens is 1.